The minimum atomic E-state index is 0.295. The number of hydrogen-bond acceptors (Lipinski definition) is 4. The van der Waals surface area contributed by atoms with Crippen LogP contribution < -0.4 is 10.2 Å². The largest absolute Gasteiger partial charge is 0.387 e. The molecule has 16 heavy (non-hydrogen) atoms. The monoisotopic (exact) mass is 221 g/mol. The summed E-state index contributed by atoms with van der Waals surface area (Å²) in [6.07, 6.45) is 5.10. The second kappa shape index (κ2) is 4.70. The van der Waals surface area contributed by atoms with Crippen LogP contribution in [0.2, 0.25) is 0 Å². The minimum absolute atomic E-state index is 0.295. The van der Waals surface area contributed by atoms with Gasteiger partial charge >= 0.3 is 0 Å². The van der Waals surface area contributed by atoms with Crippen LogP contribution in [0.1, 0.15) is 13.3 Å². The highest BCUT2D eigenvalue weighted by atomic mass is 16.5. The van der Waals surface area contributed by atoms with Crippen molar-refractivity contribution in [3.63, 3.8) is 0 Å². The Labute approximate surface area is 96.6 Å². The zero-order chi connectivity index (χ0) is 11.5. The van der Waals surface area contributed by atoms with E-state index in [1.807, 2.05) is 19.4 Å². The van der Waals surface area contributed by atoms with Gasteiger partial charge in [-0.2, -0.15) is 0 Å². The number of hydrogen-bond donors (Lipinski definition) is 1. The van der Waals surface area contributed by atoms with Gasteiger partial charge in [0.2, 0.25) is 0 Å². The summed E-state index contributed by atoms with van der Waals surface area (Å²) >= 11 is 0. The van der Waals surface area contributed by atoms with Gasteiger partial charge in [-0.1, -0.05) is 0 Å². The van der Waals surface area contributed by atoms with Crippen LogP contribution in [0.15, 0.2) is 18.5 Å². The van der Waals surface area contributed by atoms with E-state index >= 15 is 0 Å². The van der Waals surface area contributed by atoms with Gasteiger partial charge in [0.25, 0.3) is 0 Å². The summed E-state index contributed by atoms with van der Waals surface area (Å²) in [6, 6.07) is 2.56. The lowest BCUT2D eigenvalue weighted by molar-refractivity contribution is 0.118. The summed E-state index contributed by atoms with van der Waals surface area (Å²) in [5.41, 5.74) is 2.17. The molecule has 4 heteroatoms. The second-order valence-corrected chi connectivity index (χ2v) is 4.22. The van der Waals surface area contributed by atoms with Crippen molar-refractivity contribution in [1.29, 1.82) is 0 Å². The van der Waals surface area contributed by atoms with Crippen molar-refractivity contribution in [3.05, 3.63) is 18.5 Å². The lowest BCUT2D eigenvalue weighted by atomic mass is 10.1. The van der Waals surface area contributed by atoms with Gasteiger partial charge < -0.3 is 15.0 Å². The van der Waals surface area contributed by atoms with Gasteiger partial charge in [-0.25, -0.2) is 0 Å². The predicted molar refractivity (Wildman–Crippen MR) is 66.0 cm³/mol. The van der Waals surface area contributed by atoms with Gasteiger partial charge in [-0.3, -0.25) is 4.98 Å². The van der Waals surface area contributed by atoms with E-state index in [4.69, 9.17) is 4.74 Å². The number of anilines is 2. The molecule has 1 aliphatic rings. The fourth-order valence-corrected chi connectivity index (χ4v) is 2.18. The number of ether oxygens (including phenoxy) is 1. The average Bonchev–Trinajstić information content (AvgIpc) is 2.74. The maximum atomic E-state index is 5.59. The van der Waals surface area contributed by atoms with E-state index < -0.39 is 0 Å². The van der Waals surface area contributed by atoms with Gasteiger partial charge in [0, 0.05) is 20.7 Å². The first-order valence-electron chi connectivity index (χ1n) is 5.69. The van der Waals surface area contributed by atoms with Gasteiger partial charge in [-0.15, -0.1) is 0 Å². The number of nitrogens with one attached hydrogen (secondary N) is 1. The van der Waals surface area contributed by atoms with Crippen LogP contribution >= 0.6 is 0 Å². The van der Waals surface area contributed by atoms with Crippen LogP contribution in [0.5, 0.6) is 0 Å². The molecule has 0 aliphatic carbocycles. The molecule has 0 bridgehead atoms. The minimum Gasteiger partial charge on any atom is -0.387 e. The molecule has 2 rings (SSSR count). The normalized spacial score (nSPS) is 24.4. The highest BCUT2D eigenvalue weighted by Gasteiger charge is 2.28. The Balaban J connectivity index is 2.16. The van der Waals surface area contributed by atoms with Gasteiger partial charge in [0.1, 0.15) is 0 Å². The van der Waals surface area contributed by atoms with Crippen molar-refractivity contribution in [2.45, 2.75) is 25.5 Å². The van der Waals surface area contributed by atoms with Crippen LogP contribution in [0.4, 0.5) is 11.4 Å². The summed E-state index contributed by atoms with van der Waals surface area (Å²) in [4.78, 5) is 6.48. The van der Waals surface area contributed by atoms with Crippen molar-refractivity contribution in [1.82, 2.24) is 4.98 Å². The fraction of sp³-hybridized carbons (Fsp3) is 0.583. The zero-order valence-electron chi connectivity index (χ0n) is 10.1. The van der Waals surface area contributed by atoms with Gasteiger partial charge in [0.15, 0.2) is 0 Å². The molecule has 4 nitrogen and oxygen atoms in total. The molecule has 0 saturated carbocycles. The van der Waals surface area contributed by atoms with Crippen LogP contribution in [0.3, 0.4) is 0 Å². The van der Waals surface area contributed by atoms with E-state index in [-0.39, 0.29) is 0 Å². The average molecular weight is 221 g/mol. The van der Waals surface area contributed by atoms with Gasteiger partial charge in [0.05, 0.1) is 35.9 Å². The molecule has 0 spiro atoms. The third-order valence-corrected chi connectivity index (χ3v) is 3.25. The summed E-state index contributed by atoms with van der Waals surface area (Å²) < 4.78 is 5.59. The lowest BCUT2D eigenvalue weighted by Crippen LogP contribution is -2.36. The highest BCUT2D eigenvalue weighted by Crippen LogP contribution is 2.25. The molecule has 2 heterocycles. The molecule has 2 unspecified atom stereocenters. The molecule has 1 aliphatic heterocycles. The molecule has 1 fully saturated rings. The third kappa shape index (κ3) is 2.11. The molecule has 1 saturated heterocycles. The summed E-state index contributed by atoms with van der Waals surface area (Å²) in [5.74, 6) is 0. The fourth-order valence-electron chi connectivity index (χ4n) is 2.18. The number of rotatable bonds is 3. The quantitative estimate of drug-likeness (QED) is 0.843. The summed E-state index contributed by atoms with van der Waals surface area (Å²) in [5, 5.41) is 3.10. The Hall–Kier alpha value is -1.29. The molecule has 0 radical (unpaired) electrons. The number of pyridine rings is 1. The van der Waals surface area contributed by atoms with Crippen molar-refractivity contribution in [2.24, 2.45) is 0 Å². The summed E-state index contributed by atoms with van der Waals surface area (Å²) in [7, 11) is 4.01. The first-order valence-corrected chi connectivity index (χ1v) is 5.69. The maximum absolute atomic E-state index is 5.59. The molecule has 1 aromatic heterocycles. The molecule has 0 aromatic carbocycles. The Morgan fingerprint density at radius 3 is 2.94 bits per heavy atom. The summed E-state index contributed by atoms with van der Waals surface area (Å²) in [6.45, 7) is 2.98. The highest BCUT2D eigenvalue weighted by molar-refractivity contribution is 5.55. The molecule has 2 atom stereocenters. The molecular weight excluding hydrogens is 202 g/mol. The van der Waals surface area contributed by atoms with E-state index in [9.17, 15) is 0 Å². The zero-order valence-corrected chi connectivity index (χ0v) is 10.1. The maximum Gasteiger partial charge on any atom is 0.0750 e. The first-order chi connectivity index (χ1) is 7.72. The number of nitrogens with zero attached hydrogens (tertiary/aromatic N) is 2. The second-order valence-electron chi connectivity index (χ2n) is 4.22. The van der Waals surface area contributed by atoms with Crippen LogP contribution in [-0.4, -0.2) is 37.8 Å². The van der Waals surface area contributed by atoms with Crippen molar-refractivity contribution >= 4 is 11.4 Å². The van der Waals surface area contributed by atoms with E-state index in [1.165, 1.54) is 0 Å². The van der Waals surface area contributed by atoms with E-state index in [0.717, 1.165) is 24.4 Å². The van der Waals surface area contributed by atoms with Crippen LogP contribution in [0, 0.1) is 0 Å². The van der Waals surface area contributed by atoms with Crippen molar-refractivity contribution in [2.75, 3.05) is 30.9 Å². The first kappa shape index (κ1) is 11.2. The van der Waals surface area contributed by atoms with E-state index in [1.54, 1.807) is 0 Å². The SMILES string of the molecule is CNc1cncc(N(C)C2CCOC2C)c1. The molecule has 1 N–H and O–H groups in total. The van der Waals surface area contributed by atoms with E-state index in [2.05, 4.69) is 35.2 Å². The Bertz CT molecular complexity index is 356. The number of aromatic nitrogens is 1. The molecule has 0 amide bonds. The smallest absolute Gasteiger partial charge is 0.0750 e. The van der Waals surface area contributed by atoms with Crippen molar-refractivity contribution in [3.8, 4) is 0 Å². The lowest BCUT2D eigenvalue weighted by Gasteiger charge is -2.28. The van der Waals surface area contributed by atoms with Crippen LogP contribution in [-0.2, 0) is 4.74 Å². The standard InChI is InChI=1S/C12H19N3O/c1-9-12(4-5-16-9)15(3)11-6-10(13-2)7-14-8-11/h6-9,12-13H,4-5H2,1-3H3. The Morgan fingerprint density at radius 1 is 1.50 bits per heavy atom. The third-order valence-electron chi connectivity index (χ3n) is 3.25. The Kier molecular flexibility index (Phi) is 3.29. The Morgan fingerprint density at radius 2 is 2.31 bits per heavy atom. The molecular formula is C12H19N3O. The topological polar surface area (TPSA) is 37.4 Å². The van der Waals surface area contributed by atoms with Crippen LogP contribution in [0.25, 0.3) is 0 Å². The predicted octanol–water partition coefficient (Wildman–Crippen LogP) is 1.74. The molecule has 1 aromatic rings. The number of likely N-dealkylation sites (N-methyl/N-ethyl adjacent to an activating group) is 1. The van der Waals surface area contributed by atoms with Crippen molar-refractivity contribution < 1.29 is 4.74 Å². The van der Waals surface area contributed by atoms with Gasteiger partial charge in [-0.05, 0) is 19.4 Å². The molecule has 88 valence electrons. The van der Waals surface area contributed by atoms with E-state index in [0.29, 0.717) is 12.1 Å².